The molecule has 164 valence electrons. The van der Waals surface area contributed by atoms with Crippen LogP contribution in [0.3, 0.4) is 0 Å². The standard InChI is InChI=1S/C25H28F3N3/c1-4-7-17(2)19-10-12-30(13-11-19)18(3)23-16-31-15-21(20-8-5-6-9-20)14-22(24(31)29-23)25(26,27)28/h5,8-9,14-16,19H,2-4,6-7,10-13H2,1H3. The van der Waals surface area contributed by atoms with Gasteiger partial charge in [0, 0.05) is 25.5 Å². The van der Waals surface area contributed by atoms with E-state index in [0.717, 1.165) is 50.8 Å². The van der Waals surface area contributed by atoms with Crippen molar-refractivity contribution in [2.24, 2.45) is 5.92 Å². The Morgan fingerprint density at radius 1 is 1.19 bits per heavy atom. The first-order valence-electron chi connectivity index (χ1n) is 10.9. The summed E-state index contributed by atoms with van der Waals surface area (Å²) in [6.45, 7) is 12.2. The molecule has 0 spiro atoms. The summed E-state index contributed by atoms with van der Waals surface area (Å²) in [5, 5.41) is 0. The fourth-order valence-corrected chi connectivity index (χ4v) is 4.52. The van der Waals surface area contributed by atoms with Gasteiger partial charge in [-0.3, -0.25) is 0 Å². The molecule has 0 saturated carbocycles. The van der Waals surface area contributed by atoms with Crippen molar-refractivity contribution in [1.82, 2.24) is 14.3 Å². The molecule has 31 heavy (non-hydrogen) atoms. The number of hydrogen-bond donors (Lipinski definition) is 0. The quantitative estimate of drug-likeness (QED) is 0.476. The molecule has 2 aromatic rings. The van der Waals surface area contributed by atoms with Crippen molar-refractivity contribution in [2.75, 3.05) is 13.1 Å². The van der Waals surface area contributed by atoms with Gasteiger partial charge in [0.2, 0.25) is 0 Å². The molecule has 0 N–H and O–H groups in total. The number of imidazole rings is 1. The zero-order valence-corrected chi connectivity index (χ0v) is 17.9. The number of halogens is 3. The van der Waals surface area contributed by atoms with Crippen LogP contribution in [0.1, 0.15) is 55.8 Å². The van der Waals surface area contributed by atoms with E-state index in [-0.39, 0.29) is 5.65 Å². The van der Waals surface area contributed by atoms with Crippen LogP contribution < -0.4 is 0 Å². The van der Waals surface area contributed by atoms with E-state index in [9.17, 15) is 13.2 Å². The Labute approximate surface area is 181 Å². The highest BCUT2D eigenvalue weighted by Gasteiger charge is 2.35. The Morgan fingerprint density at radius 3 is 2.55 bits per heavy atom. The van der Waals surface area contributed by atoms with Crippen LogP contribution in [0.2, 0.25) is 0 Å². The summed E-state index contributed by atoms with van der Waals surface area (Å²) < 4.78 is 42.9. The maximum absolute atomic E-state index is 13.8. The van der Waals surface area contributed by atoms with Crippen LogP contribution >= 0.6 is 0 Å². The van der Waals surface area contributed by atoms with Crippen LogP contribution in [-0.2, 0) is 6.18 Å². The molecule has 0 atom stereocenters. The Balaban J connectivity index is 1.61. The molecule has 2 aromatic heterocycles. The molecule has 1 fully saturated rings. The third-order valence-electron chi connectivity index (χ3n) is 6.28. The second kappa shape index (κ2) is 8.40. The van der Waals surface area contributed by atoms with Crippen molar-refractivity contribution in [1.29, 1.82) is 0 Å². The molecule has 1 aliphatic carbocycles. The van der Waals surface area contributed by atoms with E-state index < -0.39 is 11.7 Å². The average Bonchev–Trinajstić information content (AvgIpc) is 3.42. The molecule has 0 bridgehead atoms. The minimum atomic E-state index is -4.48. The van der Waals surface area contributed by atoms with E-state index >= 15 is 0 Å². The summed E-state index contributed by atoms with van der Waals surface area (Å²) in [5.74, 6) is 0.511. The van der Waals surface area contributed by atoms with Gasteiger partial charge in [0.15, 0.2) is 0 Å². The van der Waals surface area contributed by atoms with Crippen molar-refractivity contribution in [3.63, 3.8) is 0 Å². The van der Waals surface area contributed by atoms with Crippen molar-refractivity contribution in [2.45, 2.75) is 45.2 Å². The van der Waals surface area contributed by atoms with E-state index in [4.69, 9.17) is 0 Å². The van der Waals surface area contributed by atoms with E-state index in [1.807, 2.05) is 18.2 Å². The Morgan fingerprint density at radius 2 is 1.94 bits per heavy atom. The molecule has 4 rings (SSSR count). The number of piperidine rings is 1. The predicted octanol–water partition coefficient (Wildman–Crippen LogP) is 6.74. The first kappa shape index (κ1) is 21.5. The number of rotatable bonds is 6. The van der Waals surface area contributed by atoms with Gasteiger partial charge in [-0.1, -0.05) is 50.3 Å². The van der Waals surface area contributed by atoms with Gasteiger partial charge < -0.3 is 9.30 Å². The Kier molecular flexibility index (Phi) is 5.82. The summed E-state index contributed by atoms with van der Waals surface area (Å²) in [7, 11) is 0. The predicted molar refractivity (Wildman–Crippen MR) is 119 cm³/mol. The Hall–Kier alpha value is -2.76. The average molecular weight is 428 g/mol. The normalized spacial score (nSPS) is 17.4. The highest BCUT2D eigenvalue weighted by molar-refractivity contribution is 5.78. The number of pyridine rings is 1. The van der Waals surface area contributed by atoms with E-state index in [1.54, 1.807) is 12.4 Å². The van der Waals surface area contributed by atoms with Gasteiger partial charge >= 0.3 is 6.18 Å². The third kappa shape index (κ3) is 4.34. The second-order valence-electron chi connectivity index (χ2n) is 8.41. The SMILES string of the molecule is C=C(CCC)C1CCN(C(=C)c2cn3cc(C4=CCC=C4)cc(C(F)(F)F)c3n2)CC1. The molecule has 0 amide bonds. The highest BCUT2D eigenvalue weighted by atomic mass is 19.4. The number of allylic oxidation sites excluding steroid dienone is 5. The van der Waals surface area contributed by atoms with Crippen molar-refractivity contribution in [3.05, 3.63) is 72.2 Å². The molecule has 2 aliphatic rings. The molecule has 3 nitrogen and oxygen atoms in total. The lowest BCUT2D eigenvalue weighted by molar-refractivity contribution is -0.136. The minimum absolute atomic E-state index is 0.0822. The van der Waals surface area contributed by atoms with E-state index in [2.05, 4.69) is 30.0 Å². The highest BCUT2D eigenvalue weighted by Crippen LogP contribution is 2.36. The lowest BCUT2D eigenvalue weighted by atomic mass is 9.87. The van der Waals surface area contributed by atoms with Crippen LogP contribution in [0.25, 0.3) is 16.9 Å². The number of hydrogen-bond acceptors (Lipinski definition) is 2. The number of nitrogens with zero attached hydrogens (tertiary/aromatic N) is 3. The second-order valence-corrected chi connectivity index (χ2v) is 8.41. The molecule has 6 heteroatoms. The topological polar surface area (TPSA) is 20.5 Å². The summed E-state index contributed by atoms with van der Waals surface area (Å²) in [6, 6.07) is 1.20. The van der Waals surface area contributed by atoms with Gasteiger partial charge in [-0.15, -0.1) is 0 Å². The zero-order chi connectivity index (χ0) is 22.2. The number of likely N-dealkylation sites (tertiary alicyclic amines) is 1. The van der Waals surface area contributed by atoms with Crippen LogP contribution in [0.5, 0.6) is 0 Å². The first-order chi connectivity index (χ1) is 14.8. The third-order valence-corrected chi connectivity index (χ3v) is 6.28. The lowest BCUT2D eigenvalue weighted by Crippen LogP contribution is -2.32. The lowest BCUT2D eigenvalue weighted by Gasteiger charge is -2.35. The van der Waals surface area contributed by atoms with Gasteiger partial charge in [0.05, 0.1) is 11.3 Å². The summed E-state index contributed by atoms with van der Waals surface area (Å²) >= 11 is 0. The van der Waals surface area contributed by atoms with Gasteiger partial charge in [0.25, 0.3) is 0 Å². The van der Waals surface area contributed by atoms with Crippen LogP contribution in [0.4, 0.5) is 13.2 Å². The molecule has 3 heterocycles. The largest absolute Gasteiger partial charge is 0.420 e. The number of fused-ring (bicyclic) bond motifs is 1. The molecular formula is C25H28F3N3. The molecule has 1 aliphatic heterocycles. The maximum Gasteiger partial charge on any atom is 0.420 e. The first-order valence-corrected chi connectivity index (χ1v) is 10.9. The van der Waals surface area contributed by atoms with E-state index in [1.165, 1.54) is 16.0 Å². The Bertz CT molecular complexity index is 1060. The minimum Gasteiger partial charge on any atom is -0.370 e. The van der Waals surface area contributed by atoms with Crippen molar-refractivity contribution >= 4 is 16.9 Å². The van der Waals surface area contributed by atoms with Crippen molar-refractivity contribution < 1.29 is 13.2 Å². The van der Waals surface area contributed by atoms with Crippen LogP contribution in [0.15, 0.2) is 55.4 Å². The van der Waals surface area contributed by atoms with Gasteiger partial charge in [-0.25, -0.2) is 4.98 Å². The van der Waals surface area contributed by atoms with E-state index in [0.29, 0.717) is 22.9 Å². The fourth-order valence-electron chi connectivity index (χ4n) is 4.52. The zero-order valence-electron chi connectivity index (χ0n) is 17.9. The monoisotopic (exact) mass is 427 g/mol. The van der Waals surface area contributed by atoms with Crippen molar-refractivity contribution in [3.8, 4) is 0 Å². The summed E-state index contributed by atoms with van der Waals surface area (Å²) in [4.78, 5) is 6.49. The van der Waals surface area contributed by atoms with Gasteiger partial charge in [-0.2, -0.15) is 13.2 Å². The summed E-state index contributed by atoms with van der Waals surface area (Å²) in [6.07, 6.45) is 9.48. The fraction of sp³-hybridized carbons (Fsp3) is 0.400. The van der Waals surface area contributed by atoms with Gasteiger partial charge in [-0.05, 0) is 48.8 Å². The molecule has 1 saturated heterocycles. The number of alkyl halides is 3. The molecular weight excluding hydrogens is 399 g/mol. The van der Waals surface area contributed by atoms with Crippen LogP contribution in [0, 0.1) is 5.92 Å². The molecule has 0 radical (unpaired) electrons. The number of aromatic nitrogens is 2. The van der Waals surface area contributed by atoms with Crippen LogP contribution in [-0.4, -0.2) is 27.4 Å². The smallest absolute Gasteiger partial charge is 0.370 e. The van der Waals surface area contributed by atoms with Gasteiger partial charge in [0.1, 0.15) is 11.3 Å². The molecule has 0 aromatic carbocycles. The maximum atomic E-state index is 13.8. The summed E-state index contributed by atoms with van der Waals surface area (Å²) in [5.41, 5.74) is 3.01. The molecule has 0 unspecified atom stereocenters.